The van der Waals surface area contributed by atoms with Crippen molar-refractivity contribution in [2.75, 3.05) is 48.0 Å². The molecule has 0 N–H and O–H groups in total. The van der Waals surface area contributed by atoms with Crippen LogP contribution in [0.25, 0.3) is 0 Å². The molecule has 3 aliphatic heterocycles. The van der Waals surface area contributed by atoms with Crippen molar-refractivity contribution >= 4 is 17.8 Å². The van der Waals surface area contributed by atoms with E-state index in [1.54, 1.807) is 26.2 Å². The summed E-state index contributed by atoms with van der Waals surface area (Å²) in [6.45, 7) is 1.67. The number of imide groups is 1. The number of carbonyl (C=O) groups is 3. The van der Waals surface area contributed by atoms with Gasteiger partial charge in [0.05, 0.1) is 32.8 Å². The molecule has 9 heteroatoms. The molecule has 1 aromatic carbocycles. The summed E-state index contributed by atoms with van der Waals surface area (Å²) >= 11 is 0. The Balaban J connectivity index is 1.47. The number of hydrogen-bond donors (Lipinski definition) is 0. The molecule has 168 valence electrons. The standard InChI is InChI=1S/C22H29N3O6/c1-23-16(20(27)24(2)21(23)28)13-19(26)25-8-6-22(7-9-25)15-12-18(30-4)17(29-3)11-14(15)5-10-31-22/h11-12,16H,5-10,13H2,1-4H3. The van der Waals surface area contributed by atoms with Crippen LogP contribution in [0.2, 0.25) is 0 Å². The van der Waals surface area contributed by atoms with Crippen LogP contribution in [0.15, 0.2) is 12.1 Å². The molecule has 3 aliphatic rings. The van der Waals surface area contributed by atoms with Crippen LogP contribution in [0, 0.1) is 0 Å². The van der Waals surface area contributed by atoms with Crippen molar-refractivity contribution < 1.29 is 28.6 Å². The first kappa shape index (κ1) is 21.4. The Hall–Kier alpha value is -2.81. The summed E-state index contributed by atoms with van der Waals surface area (Å²) in [6.07, 6.45) is 2.13. The van der Waals surface area contributed by atoms with E-state index >= 15 is 0 Å². The third-order valence-corrected chi connectivity index (χ3v) is 6.81. The highest BCUT2D eigenvalue weighted by atomic mass is 16.5. The normalized spacial score (nSPS) is 22.7. The fourth-order valence-electron chi connectivity index (χ4n) is 4.89. The number of methoxy groups -OCH3 is 2. The summed E-state index contributed by atoms with van der Waals surface area (Å²) in [5.74, 6) is 0.920. The van der Waals surface area contributed by atoms with Gasteiger partial charge in [-0.3, -0.25) is 14.5 Å². The van der Waals surface area contributed by atoms with Gasteiger partial charge in [0.15, 0.2) is 11.5 Å². The Morgan fingerprint density at radius 1 is 1.13 bits per heavy atom. The molecule has 1 spiro atoms. The average molecular weight is 431 g/mol. The van der Waals surface area contributed by atoms with E-state index in [0.717, 1.165) is 16.9 Å². The maximum Gasteiger partial charge on any atom is 0.326 e. The maximum absolute atomic E-state index is 12.9. The lowest BCUT2D eigenvalue weighted by atomic mass is 9.79. The van der Waals surface area contributed by atoms with Crippen molar-refractivity contribution in [2.45, 2.75) is 37.3 Å². The van der Waals surface area contributed by atoms with E-state index < -0.39 is 11.6 Å². The molecule has 0 aliphatic carbocycles. The number of ether oxygens (including phenoxy) is 3. The van der Waals surface area contributed by atoms with E-state index in [9.17, 15) is 14.4 Å². The number of fused-ring (bicyclic) bond motifs is 2. The zero-order valence-electron chi connectivity index (χ0n) is 18.5. The molecular formula is C22H29N3O6. The number of nitrogens with zero attached hydrogens (tertiary/aromatic N) is 3. The fraction of sp³-hybridized carbons (Fsp3) is 0.591. The number of amides is 4. The molecule has 9 nitrogen and oxygen atoms in total. The van der Waals surface area contributed by atoms with Crippen molar-refractivity contribution in [1.29, 1.82) is 0 Å². The molecule has 2 saturated heterocycles. The molecule has 2 fully saturated rings. The number of hydrogen-bond acceptors (Lipinski definition) is 6. The quantitative estimate of drug-likeness (QED) is 0.670. The topological polar surface area (TPSA) is 88.6 Å². The van der Waals surface area contributed by atoms with Crippen LogP contribution in [0.5, 0.6) is 11.5 Å². The molecule has 0 radical (unpaired) electrons. The summed E-state index contributed by atoms with van der Waals surface area (Å²) in [4.78, 5) is 41.3. The highest BCUT2D eigenvalue weighted by Crippen LogP contribution is 2.45. The largest absolute Gasteiger partial charge is 0.493 e. The van der Waals surface area contributed by atoms with E-state index in [0.29, 0.717) is 44.0 Å². The predicted molar refractivity (Wildman–Crippen MR) is 111 cm³/mol. The van der Waals surface area contributed by atoms with E-state index in [1.165, 1.54) is 17.5 Å². The van der Waals surface area contributed by atoms with Crippen molar-refractivity contribution in [2.24, 2.45) is 0 Å². The number of benzene rings is 1. The highest BCUT2D eigenvalue weighted by Gasteiger charge is 2.45. The van der Waals surface area contributed by atoms with Crippen molar-refractivity contribution in [1.82, 2.24) is 14.7 Å². The monoisotopic (exact) mass is 431 g/mol. The summed E-state index contributed by atoms with van der Waals surface area (Å²) in [6, 6.07) is 2.91. The minimum atomic E-state index is -0.732. The first-order valence-corrected chi connectivity index (χ1v) is 10.5. The van der Waals surface area contributed by atoms with Crippen molar-refractivity contribution in [3.8, 4) is 11.5 Å². The van der Waals surface area contributed by atoms with Gasteiger partial charge in [-0.1, -0.05) is 0 Å². The number of likely N-dealkylation sites (tertiary alicyclic amines) is 1. The first-order valence-electron chi connectivity index (χ1n) is 10.5. The summed E-state index contributed by atoms with van der Waals surface area (Å²) in [5.41, 5.74) is 1.82. The second kappa shape index (κ2) is 8.03. The Bertz CT molecular complexity index is 909. The maximum atomic E-state index is 12.9. The van der Waals surface area contributed by atoms with E-state index in [1.807, 2.05) is 12.1 Å². The Morgan fingerprint density at radius 2 is 1.77 bits per heavy atom. The molecular weight excluding hydrogens is 402 g/mol. The number of urea groups is 1. The third-order valence-electron chi connectivity index (χ3n) is 6.81. The van der Waals surface area contributed by atoms with E-state index in [2.05, 4.69) is 0 Å². The molecule has 4 rings (SSSR count). The Morgan fingerprint density at radius 3 is 2.35 bits per heavy atom. The van der Waals surface area contributed by atoms with Crippen molar-refractivity contribution in [3.05, 3.63) is 23.3 Å². The smallest absolute Gasteiger partial charge is 0.326 e. The Labute approximate surface area is 181 Å². The lowest BCUT2D eigenvalue weighted by Gasteiger charge is -2.45. The molecule has 0 saturated carbocycles. The summed E-state index contributed by atoms with van der Waals surface area (Å²) in [7, 11) is 6.24. The SMILES string of the molecule is COc1cc2c(cc1OC)C1(CCN(C(=O)CC3C(=O)N(C)C(=O)N3C)CC1)OCC2. The zero-order valence-corrected chi connectivity index (χ0v) is 18.5. The summed E-state index contributed by atoms with van der Waals surface area (Å²) in [5, 5.41) is 0. The van der Waals surface area contributed by atoms with Crippen LogP contribution in [-0.2, 0) is 26.3 Å². The van der Waals surface area contributed by atoms with Gasteiger partial charge in [0, 0.05) is 27.2 Å². The second-order valence-corrected chi connectivity index (χ2v) is 8.35. The van der Waals surface area contributed by atoms with Gasteiger partial charge in [0.25, 0.3) is 5.91 Å². The molecule has 3 heterocycles. The Kier molecular flexibility index (Phi) is 5.55. The molecule has 1 unspecified atom stereocenters. The van der Waals surface area contributed by atoms with E-state index in [-0.39, 0.29) is 24.3 Å². The van der Waals surface area contributed by atoms with Gasteiger partial charge < -0.3 is 24.0 Å². The second-order valence-electron chi connectivity index (χ2n) is 8.35. The number of rotatable bonds is 4. The molecule has 4 amide bonds. The van der Waals surface area contributed by atoms with Gasteiger partial charge in [-0.2, -0.15) is 0 Å². The minimum absolute atomic E-state index is 0.000872. The minimum Gasteiger partial charge on any atom is -0.493 e. The molecule has 0 aromatic heterocycles. The average Bonchev–Trinajstić information content (AvgIpc) is 2.96. The number of piperidine rings is 1. The van der Waals surface area contributed by atoms with Gasteiger partial charge >= 0.3 is 6.03 Å². The number of carbonyl (C=O) groups excluding carboxylic acids is 3. The third kappa shape index (κ3) is 3.50. The molecule has 0 bridgehead atoms. The lowest BCUT2D eigenvalue weighted by molar-refractivity contribution is -0.143. The van der Waals surface area contributed by atoms with Gasteiger partial charge in [0.2, 0.25) is 5.91 Å². The van der Waals surface area contributed by atoms with Crippen LogP contribution in [0.4, 0.5) is 4.79 Å². The summed E-state index contributed by atoms with van der Waals surface area (Å²) < 4.78 is 17.2. The van der Waals surface area contributed by atoms with Crippen LogP contribution in [0.1, 0.15) is 30.4 Å². The van der Waals surface area contributed by atoms with Crippen molar-refractivity contribution in [3.63, 3.8) is 0 Å². The fourth-order valence-corrected chi connectivity index (χ4v) is 4.89. The van der Waals surface area contributed by atoms with Gasteiger partial charge in [-0.05, 0) is 42.5 Å². The van der Waals surface area contributed by atoms with Crippen LogP contribution in [-0.4, -0.2) is 86.6 Å². The zero-order chi connectivity index (χ0) is 22.3. The van der Waals surface area contributed by atoms with E-state index in [4.69, 9.17) is 14.2 Å². The molecule has 1 atom stereocenters. The van der Waals surface area contributed by atoms with Crippen LogP contribution < -0.4 is 9.47 Å². The van der Waals surface area contributed by atoms with Gasteiger partial charge in [-0.15, -0.1) is 0 Å². The van der Waals surface area contributed by atoms with Crippen LogP contribution in [0.3, 0.4) is 0 Å². The number of likely N-dealkylation sites (N-methyl/N-ethyl adjacent to an activating group) is 2. The first-order chi connectivity index (χ1) is 14.8. The van der Waals surface area contributed by atoms with Gasteiger partial charge in [-0.25, -0.2) is 4.79 Å². The highest BCUT2D eigenvalue weighted by molar-refractivity contribution is 6.05. The predicted octanol–water partition coefficient (Wildman–Crippen LogP) is 1.38. The van der Waals surface area contributed by atoms with Crippen LogP contribution >= 0.6 is 0 Å². The molecule has 31 heavy (non-hydrogen) atoms. The lowest BCUT2D eigenvalue weighted by Crippen LogP contribution is -2.49. The molecule has 1 aromatic rings. The van der Waals surface area contributed by atoms with Gasteiger partial charge in [0.1, 0.15) is 6.04 Å².